The lowest BCUT2D eigenvalue weighted by atomic mass is 10.2. The number of fused-ring (bicyclic) bond motifs is 1. The van der Waals surface area contributed by atoms with Gasteiger partial charge in [0.15, 0.2) is 0 Å². The molecule has 0 N–H and O–H groups in total. The molecule has 0 saturated heterocycles. The third-order valence-electron chi connectivity index (χ3n) is 1.63. The van der Waals surface area contributed by atoms with Gasteiger partial charge in [-0.15, -0.1) is 0 Å². The Labute approximate surface area is 69.0 Å². The van der Waals surface area contributed by atoms with Crippen molar-refractivity contribution in [3.63, 3.8) is 0 Å². The predicted octanol–water partition coefficient (Wildman–Crippen LogP) is 2.47. The smallest absolute Gasteiger partial charge is 0.123 e. The third kappa shape index (κ3) is 1.01. The first kappa shape index (κ1) is 6.73. The Balaban J connectivity index is 2.86. The molecule has 0 aliphatic carbocycles. The maximum absolute atomic E-state index is 12.6. The van der Waals surface area contributed by atoms with Crippen LogP contribution in [0.2, 0.25) is 0 Å². The highest BCUT2D eigenvalue weighted by atomic mass is 32.1. The quantitative estimate of drug-likeness (QED) is 0.575. The lowest BCUT2D eigenvalue weighted by Crippen LogP contribution is -1.76. The van der Waals surface area contributed by atoms with Crippen molar-refractivity contribution in [2.24, 2.45) is 0 Å². The van der Waals surface area contributed by atoms with Gasteiger partial charge in [-0.25, -0.2) is 4.39 Å². The number of benzene rings is 1. The van der Waals surface area contributed by atoms with E-state index in [1.165, 1.54) is 12.1 Å². The molecule has 0 spiro atoms. The zero-order chi connectivity index (χ0) is 7.84. The molecule has 0 saturated carbocycles. The van der Waals surface area contributed by atoms with Crippen molar-refractivity contribution in [1.29, 1.82) is 0 Å². The second kappa shape index (κ2) is 2.27. The molecular formula is C8H6FNS. The van der Waals surface area contributed by atoms with E-state index < -0.39 is 0 Å². The van der Waals surface area contributed by atoms with E-state index in [1.54, 1.807) is 16.2 Å². The minimum Gasteiger partial charge on any atom is -0.294 e. The van der Waals surface area contributed by atoms with E-state index in [-0.39, 0.29) is 5.82 Å². The summed E-state index contributed by atoms with van der Waals surface area (Å²) in [5.41, 5.74) is 0.926. The van der Waals surface area contributed by atoms with E-state index >= 15 is 0 Å². The van der Waals surface area contributed by atoms with Crippen LogP contribution < -0.4 is 0 Å². The Morgan fingerprint density at radius 1 is 1.27 bits per heavy atom. The molecule has 0 aliphatic heterocycles. The number of aromatic nitrogens is 1. The second-order valence-corrected chi connectivity index (χ2v) is 2.79. The summed E-state index contributed by atoms with van der Waals surface area (Å²) in [6, 6.07) is 6.44. The summed E-state index contributed by atoms with van der Waals surface area (Å²) in [6.07, 6.45) is 1.78. The van der Waals surface area contributed by atoms with Crippen molar-refractivity contribution < 1.29 is 4.39 Å². The van der Waals surface area contributed by atoms with Crippen LogP contribution in [0.5, 0.6) is 0 Å². The molecule has 0 fully saturated rings. The van der Waals surface area contributed by atoms with Crippen LogP contribution in [0.15, 0.2) is 30.5 Å². The Morgan fingerprint density at radius 2 is 2.09 bits per heavy atom. The minimum absolute atomic E-state index is 0.211. The topological polar surface area (TPSA) is 4.93 Å². The highest BCUT2D eigenvalue weighted by Crippen LogP contribution is 2.17. The Bertz CT molecular complexity index is 394. The molecular weight excluding hydrogens is 161 g/mol. The zero-order valence-corrected chi connectivity index (χ0v) is 6.55. The molecule has 0 bridgehead atoms. The fourth-order valence-corrected chi connectivity index (χ4v) is 1.35. The van der Waals surface area contributed by atoms with Gasteiger partial charge in [0.05, 0.1) is 5.52 Å². The molecule has 0 amide bonds. The van der Waals surface area contributed by atoms with Crippen molar-refractivity contribution in [2.75, 3.05) is 0 Å². The molecule has 0 atom stereocenters. The highest BCUT2D eigenvalue weighted by molar-refractivity contribution is 7.78. The van der Waals surface area contributed by atoms with E-state index in [0.717, 1.165) is 10.9 Å². The van der Waals surface area contributed by atoms with Crippen LogP contribution in [0.4, 0.5) is 4.39 Å². The molecule has 1 aromatic heterocycles. The van der Waals surface area contributed by atoms with Crippen LogP contribution in [0.1, 0.15) is 0 Å². The monoisotopic (exact) mass is 167 g/mol. The highest BCUT2D eigenvalue weighted by Gasteiger charge is 1.97. The predicted molar refractivity (Wildman–Crippen MR) is 46.3 cm³/mol. The summed E-state index contributed by atoms with van der Waals surface area (Å²) >= 11 is 4.13. The number of hydrogen-bond acceptors (Lipinski definition) is 1. The van der Waals surface area contributed by atoms with Gasteiger partial charge in [-0.2, -0.15) is 0 Å². The normalized spacial score (nSPS) is 10.7. The van der Waals surface area contributed by atoms with Crippen molar-refractivity contribution in [2.45, 2.75) is 0 Å². The van der Waals surface area contributed by atoms with E-state index in [1.807, 2.05) is 6.07 Å². The van der Waals surface area contributed by atoms with Crippen LogP contribution in [-0.4, -0.2) is 3.97 Å². The molecule has 1 aromatic carbocycles. The molecule has 2 rings (SSSR count). The number of hydrogen-bond donors (Lipinski definition) is 1. The largest absolute Gasteiger partial charge is 0.294 e. The number of thiol groups is 1. The Kier molecular flexibility index (Phi) is 1.39. The lowest BCUT2D eigenvalue weighted by Gasteiger charge is -1.93. The van der Waals surface area contributed by atoms with Crippen molar-refractivity contribution in [3.8, 4) is 0 Å². The van der Waals surface area contributed by atoms with Gasteiger partial charge in [-0.05, 0) is 24.3 Å². The number of nitrogens with zero attached hydrogens (tertiary/aromatic N) is 1. The van der Waals surface area contributed by atoms with Gasteiger partial charge in [0.2, 0.25) is 0 Å². The van der Waals surface area contributed by atoms with Gasteiger partial charge < -0.3 is 0 Å². The molecule has 1 heterocycles. The third-order valence-corrected chi connectivity index (χ3v) is 1.98. The van der Waals surface area contributed by atoms with Gasteiger partial charge in [0, 0.05) is 11.6 Å². The molecule has 1 nitrogen and oxygen atoms in total. The fourth-order valence-electron chi connectivity index (χ4n) is 1.10. The van der Waals surface area contributed by atoms with Gasteiger partial charge in [0.1, 0.15) is 5.82 Å². The molecule has 56 valence electrons. The SMILES string of the molecule is Fc1ccc2c(ccn2S)c1. The summed E-state index contributed by atoms with van der Waals surface area (Å²) in [6.45, 7) is 0. The van der Waals surface area contributed by atoms with Gasteiger partial charge in [0.25, 0.3) is 0 Å². The maximum atomic E-state index is 12.6. The van der Waals surface area contributed by atoms with Crippen LogP contribution in [-0.2, 0) is 0 Å². The van der Waals surface area contributed by atoms with Crippen LogP contribution >= 0.6 is 12.8 Å². The van der Waals surface area contributed by atoms with E-state index in [0.29, 0.717) is 0 Å². The number of rotatable bonds is 0. The standard InChI is InChI=1S/C8H6FNS/c9-7-1-2-8-6(5-7)3-4-10(8)11/h1-5,11H. The summed E-state index contributed by atoms with van der Waals surface area (Å²) in [5, 5.41) is 0.875. The van der Waals surface area contributed by atoms with E-state index in [4.69, 9.17) is 0 Å². The van der Waals surface area contributed by atoms with Crippen LogP contribution in [0.25, 0.3) is 10.9 Å². The van der Waals surface area contributed by atoms with Crippen LogP contribution in [0, 0.1) is 5.82 Å². The van der Waals surface area contributed by atoms with Crippen molar-refractivity contribution >= 4 is 23.7 Å². The minimum atomic E-state index is -0.211. The summed E-state index contributed by atoms with van der Waals surface area (Å²) < 4.78 is 14.3. The average Bonchev–Trinajstić information content (AvgIpc) is 2.32. The Morgan fingerprint density at radius 3 is 2.91 bits per heavy atom. The van der Waals surface area contributed by atoms with Crippen molar-refractivity contribution in [1.82, 2.24) is 3.97 Å². The molecule has 0 aliphatic rings. The maximum Gasteiger partial charge on any atom is 0.123 e. The number of halogens is 1. The van der Waals surface area contributed by atoms with E-state index in [2.05, 4.69) is 12.8 Å². The molecule has 3 heteroatoms. The van der Waals surface area contributed by atoms with Crippen molar-refractivity contribution in [3.05, 3.63) is 36.3 Å². The first-order valence-corrected chi connectivity index (χ1v) is 3.63. The zero-order valence-electron chi connectivity index (χ0n) is 5.66. The van der Waals surface area contributed by atoms with Gasteiger partial charge in [-0.1, -0.05) is 12.8 Å². The van der Waals surface area contributed by atoms with Gasteiger partial charge in [-0.3, -0.25) is 3.97 Å². The average molecular weight is 167 g/mol. The fraction of sp³-hybridized carbons (Fsp3) is 0. The van der Waals surface area contributed by atoms with Gasteiger partial charge >= 0.3 is 0 Å². The molecule has 0 unspecified atom stereocenters. The first-order chi connectivity index (χ1) is 5.27. The Hall–Kier alpha value is -0.960. The summed E-state index contributed by atoms with van der Waals surface area (Å²) in [7, 11) is 0. The summed E-state index contributed by atoms with van der Waals surface area (Å²) in [4.78, 5) is 0. The lowest BCUT2D eigenvalue weighted by molar-refractivity contribution is 0.629. The second-order valence-electron chi connectivity index (χ2n) is 2.36. The first-order valence-electron chi connectivity index (χ1n) is 3.23. The molecule has 2 aromatic rings. The molecule has 0 radical (unpaired) electrons. The van der Waals surface area contributed by atoms with Crippen LogP contribution in [0.3, 0.4) is 0 Å². The van der Waals surface area contributed by atoms with E-state index in [9.17, 15) is 4.39 Å². The molecule has 11 heavy (non-hydrogen) atoms. The summed E-state index contributed by atoms with van der Waals surface area (Å²) in [5.74, 6) is -0.211.